The van der Waals surface area contributed by atoms with Gasteiger partial charge in [-0.15, -0.1) is 0 Å². The predicted octanol–water partition coefficient (Wildman–Crippen LogP) is 3.02. The largest absolute Gasteiger partial charge is 0.470 e. The van der Waals surface area contributed by atoms with Gasteiger partial charge < -0.3 is 14.8 Å². The molecule has 3 rings (SSSR count). The van der Waals surface area contributed by atoms with Crippen LogP contribution in [0.4, 0.5) is 0 Å². The van der Waals surface area contributed by atoms with Crippen molar-refractivity contribution in [2.75, 3.05) is 6.61 Å². The Hall–Kier alpha value is -2.33. The summed E-state index contributed by atoms with van der Waals surface area (Å²) in [6.45, 7) is 5.60. The number of nitrogens with one attached hydrogen (secondary N) is 1. The van der Waals surface area contributed by atoms with E-state index in [-0.39, 0.29) is 18.1 Å². The number of rotatable bonds is 3. The molecule has 0 saturated carbocycles. The van der Waals surface area contributed by atoms with Crippen molar-refractivity contribution in [2.24, 2.45) is 0 Å². The number of allylic oxidation sites excluding steroid dienone is 1. The van der Waals surface area contributed by atoms with Crippen LogP contribution in [0.15, 0.2) is 53.0 Å². The summed E-state index contributed by atoms with van der Waals surface area (Å²) in [4.78, 5) is 16.2. The topological polar surface area (TPSA) is 62.3 Å². The highest BCUT2D eigenvalue weighted by molar-refractivity contribution is 5.65. The molecule has 1 aromatic carbocycles. The lowest BCUT2D eigenvalue weighted by atomic mass is 9.77. The molecule has 0 aliphatic carbocycles. The smallest absolute Gasteiger partial charge is 0.199 e. The summed E-state index contributed by atoms with van der Waals surface area (Å²) < 4.78 is 5.95. The maximum atomic E-state index is 13.1. The van der Waals surface area contributed by atoms with E-state index in [2.05, 4.69) is 4.98 Å². The predicted molar refractivity (Wildman–Crippen MR) is 90.8 cm³/mol. The van der Waals surface area contributed by atoms with Crippen LogP contribution in [0.5, 0.6) is 5.88 Å². The third-order valence-corrected chi connectivity index (χ3v) is 4.71. The van der Waals surface area contributed by atoms with Gasteiger partial charge >= 0.3 is 0 Å². The Labute approximate surface area is 135 Å². The molecule has 0 saturated heterocycles. The summed E-state index contributed by atoms with van der Waals surface area (Å²) in [6, 6.07) is 9.51. The number of H-pyrrole nitrogens is 1. The van der Waals surface area contributed by atoms with Crippen molar-refractivity contribution in [2.45, 2.75) is 32.3 Å². The second kappa shape index (κ2) is 5.70. The minimum Gasteiger partial charge on any atom is -0.470 e. The molecule has 0 amide bonds. The van der Waals surface area contributed by atoms with Crippen molar-refractivity contribution in [3.8, 4) is 17.0 Å². The molecular formula is C19H21NO3. The Balaban J connectivity index is 2.21. The van der Waals surface area contributed by atoms with Gasteiger partial charge in [-0.05, 0) is 31.9 Å². The molecule has 0 unspecified atom stereocenters. The Morgan fingerprint density at radius 3 is 2.70 bits per heavy atom. The normalized spacial score (nSPS) is 23.5. The van der Waals surface area contributed by atoms with Crippen molar-refractivity contribution in [1.82, 2.24) is 4.98 Å². The van der Waals surface area contributed by atoms with Crippen molar-refractivity contribution in [3.63, 3.8) is 0 Å². The molecule has 2 atom stereocenters. The molecule has 2 heterocycles. The summed E-state index contributed by atoms with van der Waals surface area (Å²) in [6.07, 6.45) is 3.29. The average Bonchev–Trinajstić information content (AvgIpc) is 2.89. The number of aromatic amines is 1. The number of aliphatic hydroxyl groups excluding tert-OH is 1. The lowest BCUT2D eigenvalue weighted by Gasteiger charge is -2.28. The molecule has 0 spiro atoms. The Morgan fingerprint density at radius 1 is 1.39 bits per heavy atom. The number of fused-ring (bicyclic) bond motifs is 1. The van der Waals surface area contributed by atoms with Crippen LogP contribution in [0, 0.1) is 0 Å². The molecule has 0 bridgehead atoms. The lowest BCUT2D eigenvalue weighted by Crippen LogP contribution is -2.42. The molecule has 23 heavy (non-hydrogen) atoms. The van der Waals surface area contributed by atoms with Crippen LogP contribution < -0.4 is 10.2 Å². The Bertz CT molecular complexity index is 807. The van der Waals surface area contributed by atoms with Gasteiger partial charge in [-0.1, -0.05) is 36.4 Å². The zero-order valence-corrected chi connectivity index (χ0v) is 13.6. The van der Waals surface area contributed by atoms with Gasteiger partial charge in [0.05, 0.1) is 17.6 Å². The second-order valence-corrected chi connectivity index (χ2v) is 6.21. The van der Waals surface area contributed by atoms with Gasteiger partial charge in [0.2, 0.25) is 0 Å². The van der Waals surface area contributed by atoms with E-state index in [0.29, 0.717) is 17.0 Å². The SMILES string of the molecule is C/C=C(\C)[C@@H]1Oc2[nH]cc(-c3ccccc3)c(=O)c2[C@@]1(C)CO. The number of ether oxygens (including phenoxy) is 1. The number of benzene rings is 1. The first-order chi connectivity index (χ1) is 11.0. The van der Waals surface area contributed by atoms with Crippen LogP contribution in [-0.2, 0) is 5.41 Å². The molecule has 120 valence electrons. The fraction of sp³-hybridized carbons (Fsp3) is 0.316. The number of pyridine rings is 1. The van der Waals surface area contributed by atoms with Crippen LogP contribution in [0.1, 0.15) is 26.3 Å². The summed E-state index contributed by atoms with van der Waals surface area (Å²) in [5, 5.41) is 10.0. The molecule has 1 aromatic heterocycles. The second-order valence-electron chi connectivity index (χ2n) is 6.21. The number of hydrogen-bond acceptors (Lipinski definition) is 3. The van der Waals surface area contributed by atoms with Gasteiger partial charge in [-0.2, -0.15) is 0 Å². The summed E-state index contributed by atoms with van der Waals surface area (Å²) in [7, 11) is 0. The highest BCUT2D eigenvalue weighted by Crippen LogP contribution is 2.42. The Morgan fingerprint density at radius 2 is 2.09 bits per heavy atom. The van der Waals surface area contributed by atoms with Crippen LogP contribution in [0.25, 0.3) is 11.1 Å². The third kappa shape index (κ3) is 2.30. The Kier molecular flexibility index (Phi) is 3.86. The van der Waals surface area contributed by atoms with Gasteiger partial charge in [0.15, 0.2) is 11.3 Å². The van der Waals surface area contributed by atoms with E-state index in [4.69, 9.17) is 4.74 Å². The third-order valence-electron chi connectivity index (χ3n) is 4.71. The summed E-state index contributed by atoms with van der Waals surface area (Å²) >= 11 is 0. The van der Waals surface area contributed by atoms with Crippen molar-refractivity contribution < 1.29 is 9.84 Å². The van der Waals surface area contributed by atoms with Gasteiger partial charge in [-0.25, -0.2) is 0 Å². The fourth-order valence-electron chi connectivity index (χ4n) is 3.24. The van der Waals surface area contributed by atoms with E-state index in [1.807, 2.05) is 57.2 Å². The minimum atomic E-state index is -0.760. The first kappa shape index (κ1) is 15.6. The van der Waals surface area contributed by atoms with Crippen LogP contribution in [0.3, 0.4) is 0 Å². The quantitative estimate of drug-likeness (QED) is 0.857. The van der Waals surface area contributed by atoms with Crippen LogP contribution in [-0.4, -0.2) is 22.8 Å². The summed E-state index contributed by atoms with van der Waals surface area (Å²) in [5.41, 5.74) is 2.10. The number of hydrogen-bond donors (Lipinski definition) is 2. The monoisotopic (exact) mass is 311 g/mol. The van der Waals surface area contributed by atoms with E-state index in [1.165, 1.54) is 0 Å². The minimum absolute atomic E-state index is 0.0899. The first-order valence-corrected chi connectivity index (χ1v) is 7.75. The van der Waals surface area contributed by atoms with E-state index in [1.54, 1.807) is 6.20 Å². The van der Waals surface area contributed by atoms with Crippen LogP contribution >= 0.6 is 0 Å². The van der Waals surface area contributed by atoms with Crippen molar-refractivity contribution >= 4 is 0 Å². The van der Waals surface area contributed by atoms with E-state index in [9.17, 15) is 9.90 Å². The first-order valence-electron chi connectivity index (χ1n) is 7.75. The average molecular weight is 311 g/mol. The molecular weight excluding hydrogens is 290 g/mol. The summed E-state index contributed by atoms with van der Waals surface area (Å²) in [5.74, 6) is 0.456. The van der Waals surface area contributed by atoms with Gasteiger partial charge in [0.25, 0.3) is 0 Å². The van der Waals surface area contributed by atoms with Gasteiger partial charge in [0, 0.05) is 11.8 Å². The molecule has 2 N–H and O–H groups in total. The maximum absolute atomic E-state index is 13.1. The lowest BCUT2D eigenvalue weighted by molar-refractivity contribution is 0.120. The molecule has 0 radical (unpaired) electrons. The maximum Gasteiger partial charge on any atom is 0.199 e. The molecule has 4 heteroatoms. The number of aromatic nitrogens is 1. The molecule has 0 fully saturated rings. The van der Waals surface area contributed by atoms with E-state index >= 15 is 0 Å². The van der Waals surface area contributed by atoms with Crippen molar-refractivity contribution in [1.29, 1.82) is 0 Å². The highest BCUT2D eigenvalue weighted by Gasteiger charge is 2.48. The standard InChI is InChI=1S/C19H21NO3/c1-4-12(2)17-19(3,11-21)15-16(22)14(10-20-18(15)23-17)13-8-6-5-7-9-13/h4-10,17,21H,11H2,1-3H3,(H,20,22)/b12-4+/t17-,19+/m0/s1. The van der Waals surface area contributed by atoms with Gasteiger partial charge in [0.1, 0.15) is 6.10 Å². The fourth-order valence-corrected chi connectivity index (χ4v) is 3.24. The van der Waals surface area contributed by atoms with Gasteiger partial charge in [-0.3, -0.25) is 4.79 Å². The van der Waals surface area contributed by atoms with Crippen LogP contribution in [0.2, 0.25) is 0 Å². The zero-order valence-electron chi connectivity index (χ0n) is 13.6. The van der Waals surface area contributed by atoms with Crippen molar-refractivity contribution in [3.05, 3.63) is 64.0 Å². The highest BCUT2D eigenvalue weighted by atomic mass is 16.5. The number of aliphatic hydroxyl groups is 1. The molecule has 2 aromatic rings. The zero-order chi connectivity index (χ0) is 16.6. The van der Waals surface area contributed by atoms with E-state index in [0.717, 1.165) is 11.1 Å². The van der Waals surface area contributed by atoms with E-state index < -0.39 is 5.41 Å². The molecule has 1 aliphatic heterocycles. The molecule has 4 nitrogen and oxygen atoms in total. The molecule has 1 aliphatic rings.